The predicted octanol–water partition coefficient (Wildman–Crippen LogP) is 2.78. The molecule has 0 bridgehead atoms. The summed E-state index contributed by atoms with van der Waals surface area (Å²) in [5, 5.41) is 20.1. The van der Waals surface area contributed by atoms with Gasteiger partial charge in [-0.2, -0.15) is 0 Å². The normalized spacial score (nSPS) is 10.7. The Hall–Kier alpha value is -2.95. The van der Waals surface area contributed by atoms with Gasteiger partial charge in [0.15, 0.2) is 11.5 Å². The molecule has 106 valence electrons. The third kappa shape index (κ3) is 2.53. The van der Waals surface area contributed by atoms with Gasteiger partial charge in [0.05, 0.1) is 5.39 Å². The average Bonchev–Trinajstić information content (AvgIpc) is 2.50. The summed E-state index contributed by atoms with van der Waals surface area (Å²) < 4.78 is 10.5. The van der Waals surface area contributed by atoms with Crippen LogP contribution in [-0.2, 0) is 6.61 Å². The summed E-state index contributed by atoms with van der Waals surface area (Å²) in [4.78, 5) is 11.2. The van der Waals surface area contributed by atoms with Crippen LogP contribution < -0.4 is 10.4 Å². The monoisotopic (exact) mass is 284 g/mol. The van der Waals surface area contributed by atoms with E-state index in [2.05, 4.69) is 0 Å². The van der Waals surface area contributed by atoms with Gasteiger partial charge in [0.25, 0.3) is 0 Å². The second kappa shape index (κ2) is 5.20. The van der Waals surface area contributed by atoms with Crippen LogP contribution in [0.5, 0.6) is 17.2 Å². The average molecular weight is 284 g/mol. The third-order valence-corrected chi connectivity index (χ3v) is 3.07. The standard InChI is InChI=1S/C16H12O5/c17-14-7-6-11-12(21-14)8-13(16(19)15(11)18)20-9-10-4-2-1-3-5-10/h1-8,18-19H,9H2. The van der Waals surface area contributed by atoms with Gasteiger partial charge >= 0.3 is 5.63 Å². The zero-order valence-electron chi connectivity index (χ0n) is 10.9. The predicted molar refractivity (Wildman–Crippen MR) is 76.6 cm³/mol. The molecule has 0 unspecified atom stereocenters. The van der Waals surface area contributed by atoms with Crippen LogP contribution in [0.2, 0.25) is 0 Å². The smallest absolute Gasteiger partial charge is 0.336 e. The lowest BCUT2D eigenvalue weighted by Gasteiger charge is -2.10. The first kappa shape index (κ1) is 13.1. The first-order valence-corrected chi connectivity index (χ1v) is 6.30. The first-order valence-electron chi connectivity index (χ1n) is 6.30. The van der Waals surface area contributed by atoms with Gasteiger partial charge < -0.3 is 19.4 Å². The zero-order chi connectivity index (χ0) is 14.8. The van der Waals surface area contributed by atoms with E-state index in [0.717, 1.165) is 5.56 Å². The third-order valence-electron chi connectivity index (χ3n) is 3.07. The Labute approximate surface area is 119 Å². The van der Waals surface area contributed by atoms with Crippen molar-refractivity contribution in [2.75, 3.05) is 0 Å². The van der Waals surface area contributed by atoms with Gasteiger partial charge in [0, 0.05) is 12.1 Å². The van der Waals surface area contributed by atoms with E-state index >= 15 is 0 Å². The lowest BCUT2D eigenvalue weighted by Crippen LogP contribution is -1.98. The highest BCUT2D eigenvalue weighted by Crippen LogP contribution is 2.41. The molecule has 0 aliphatic heterocycles. The van der Waals surface area contributed by atoms with Crippen LogP contribution in [-0.4, -0.2) is 10.2 Å². The Morgan fingerprint density at radius 1 is 1.00 bits per heavy atom. The lowest BCUT2D eigenvalue weighted by atomic mass is 10.2. The van der Waals surface area contributed by atoms with Crippen LogP contribution in [0.4, 0.5) is 0 Å². The van der Waals surface area contributed by atoms with E-state index in [0.29, 0.717) is 0 Å². The summed E-state index contributed by atoms with van der Waals surface area (Å²) in [6.45, 7) is 0.219. The molecule has 1 heterocycles. The molecule has 0 aliphatic rings. The van der Waals surface area contributed by atoms with E-state index in [4.69, 9.17) is 9.15 Å². The molecule has 0 amide bonds. The maximum absolute atomic E-state index is 11.2. The topological polar surface area (TPSA) is 79.9 Å². The van der Waals surface area contributed by atoms with E-state index in [1.165, 1.54) is 18.2 Å². The molecule has 0 saturated heterocycles. The summed E-state index contributed by atoms with van der Waals surface area (Å²) >= 11 is 0. The first-order chi connectivity index (χ1) is 10.1. The largest absolute Gasteiger partial charge is 0.504 e. The Morgan fingerprint density at radius 3 is 2.52 bits per heavy atom. The van der Waals surface area contributed by atoms with E-state index in [-0.39, 0.29) is 34.8 Å². The van der Waals surface area contributed by atoms with Crippen molar-refractivity contribution in [1.82, 2.24) is 0 Å². The molecule has 3 aromatic rings. The minimum atomic E-state index is -0.540. The van der Waals surface area contributed by atoms with Crippen molar-refractivity contribution in [3.63, 3.8) is 0 Å². The maximum Gasteiger partial charge on any atom is 0.336 e. The summed E-state index contributed by atoms with van der Waals surface area (Å²) in [5.74, 6) is -0.704. The number of hydrogen-bond acceptors (Lipinski definition) is 5. The van der Waals surface area contributed by atoms with Crippen molar-refractivity contribution in [3.8, 4) is 17.2 Å². The Kier molecular flexibility index (Phi) is 3.23. The molecule has 0 fully saturated rings. The van der Waals surface area contributed by atoms with Crippen LogP contribution in [0.1, 0.15) is 5.56 Å². The Balaban J connectivity index is 1.98. The van der Waals surface area contributed by atoms with Crippen molar-refractivity contribution in [2.45, 2.75) is 6.61 Å². The van der Waals surface area contributed by atoms with Gasteiger partial charge in [-0.1, -0.05) is 30.3 Å². The fraction of sp³-hybridized carbons (Fsp3) is 0.0625. The number of ether oxygens (including phenoxy) is 1. The second-order valence-electron chi connectivity index (χ2n) is 4.51. The van der Waals surface area contributed by atoms with Gasteiger partial charge in [-0.3, -0.25) is 0 Å². The van der Waals surface area contributed by atoms with Crippen LogP contribution in [0, 0.1) is 0 Å². The van der Waals surface area contributed by atoms with E-state index in [1.54, 1.807) is 0 Å². The minimum Gasteiger partial charge on any atom is -0.504 e. The van der Waals surface area contributed by atoms with Crippen LogP contribution in [0.3, 0.4) is 0 Å². The highest BCUT2D eigenvalue weighted by molar-refractivity contribution is 5.88. The minimum absolute atomic E-state index is 0.0539. The number of benzene rings is 2. The summed E-state index contributed by atoms with van der Waals surface area (Å²) in [7, 11) is 0. The van der Waals surface area contributed by atoms with Crippen LogP contribution in [0.15, 0.2) is 57.7 Å². The van der Waals surface area contributed by atoms with Crippen molar-refractivity contribution >= 4 is 11.0 Å². The molecule has 0 radical (unpaired) electrons. The fourth-order valence-electron chi connectivity index (χ4n) is 2.01. The van der Waals surface area contributed by atoms with E-state index in [9.17, 15) is 15.0 Å². The number of phenols is 2. The number of fused-ring (bicyclic) bond motifs is 1. The van der Waals surface area contributed by atoms with Gasteiger partial charge in [0.2, 0.25) is 5.75 Å². The quantitative estimate of drug-likeness (QED) is 0.571. The zero-order valence-corrected chi connectivity index (χ0v) is 10.9. The second-order valence-corrected chi connectivity index (χ2v) is 4.51. The van der Waals surface area contributed by atoms with Crippen molar-refractivity contribution in [1.29, 1.82) is 0 Å². The molecule has 0 aliphatic carbocycles. The molecule has 5 nitrogen and oxygen atoms in total. The van der Waals surface area contributed by atoms with Crippen LogP contribution in [0.25, 0.3) is 11.0 Å². The fourth-order valence-corrected chi connectivity index (χ4v) is 2.01. The number of rotatable bonds is 3. The maximum atomic E-state index is 11.2. The van der Waals surface area contributed by atoms with E-state index < -0.39 is 5.63 Å². The van der Waals surface area contributed by atoms with Crippen molar-refractivity contribution < 1.29 is 19.4 Å². The number of aromatic hydroxyl groups is 2. The summed E-state index contributed by atoms with van der Waals surface area (Å²) in [5.41, 5.74) is 0.522. The molecule has 2 aromatic carbocycles. The SMILES string of the molecule is O=c1ccc2c(O)c(O)c(OCc3ccccc3)cc2o1. The molecule has 0 atom stereocenters. The highest BCUT2D eigenvalue weighted by atomic mass is 16.5. The number of hydrogen-bond donors (Lipinski definition) is 2. The van der Waals surface area contributed by atoms with Gasteiger partial charge in [-0.15, -0.1) is 0 Å². The molecular formula is C16H12O5. The molecule has 0 spiro atoms. The molecule has 21 heavy (non-hydrogen) atoms. The molecule has 3 rings (SSSR count). The van der Waals surface area contributed by atoms with Gasteiger partial charge in [-0.05, 0) is 11.6 Å². The Bertz CT molecular complexity index is 836. The van der Waals surface area contributed by atoms with Gasteiger partial charge in [0.1, 0.15) is 12.2 Å². The Morgan fingerprint density at radius 2 is 1.76 bits per heavy atom. The molecular weight excluding hydrogens is 272 g/mol. The van der Waals surface area contributed by atoms with Crippen molar-refractivity contribution in [3.05, 3.63) is 64.5 Å². The highest BCUT2D eigenvalue weighted by Gasteiger charge is 2.15. The molecule has 1 aromatic heterocycles. The van der Waals surface area contributed by atoms with E-state index in [1.807, 2.05) is 30.3 Å². The van der Waals surface area contributed by atoms with Crippen molar-refractivity contribution in [2.24, 2.45) is 0 Å². The van der Waals surface area contributed by atoms with Crippen LogP contribution >= 0.6 is 0 Å². The molecule has 2 N–H and O–H groups in total. The summed E-state index contributed by atoms with van der Waals surface area (Å²) in [6.07, 6.45) is 0. The molecule has 0 saturated carbocycles. The molecule has 5 heteroatoms. The number of phenolic OH excluding ortho intramolecular Hbond substituents is 2. The lowest BCUT2D eigenvalue weighted by molar-refractivity contribution is 0.283. The summed E-state index contributed by atoms with van der Waals surface area (Å²) in [6, 6.07) is 13.3. The van der Waals surface area contributed by atoms with Gasteiger partial charge in [-0.25, -0.2) is 4.79 Å².